The van der Waals surface area contributed by atoms with Crippen LogP contribution in [0, 0.1) is 0 Å². The lowest BCUT2D eigenvalue weighted by molar-refractivity contribution is 0.394. The van der Waals surface area contributed by atoms with Gasteiger partial charge in [0.1, 0.15) is 0 Å². The molecule has 6 heteroatoms. The lowest BCUT2D eigenvalue weighted by Crippen LogP contribution is -2.47. The van der Waals surface area contributed by atoms with Gasteiger partial charge in [-0.2, -0.15) is 0 Å². The van der Waals surface area contributed by atoms with E-state index in [2.05, 4.69) is 36.2 Å². The summed E-state index contributed by atoms with van der Waals surface area (Å²) in [6, 6.07) is 11.3. The fraction of sp³-hybridized carbons (Fsp3) is 0.444. The molecule has 0 amide bonds. The van der Waals surface area contributed by atoms with E-state index in [1.807, 2.05) is 28.9 Å². The van der Waals surface area contributed by atoms with Crippen LogP contribution in [-0.4, -0.2) is 39.8 Å². The highest BCUT2D eigenvalue weighted by molar-refractivity contribution is 7.20. The summed E-state index contributed by atoms with van der Waals surface area (Å²) in [6.07, 6.45) is 4.48. The largest absolute Gasteiger partial charge is 0.345 e. The van der Waals surface area contributed by atoms with Crippen LogP contribution in [0.5, 0.6) is 0 Å². The maximum atomic E-state index is 4.77. The molecule has 1 aromatic carbocycles. The normalized spacial score (nSPS) is 18.6. The lowest BCUT2D eigenvalue weighted by atomic mass is 10.1. The number of rotatable bonds is 4. The molecule has 5 nitrogen and oxygen atoms in total. The van der Waals surface area contributed by atoms with Crippen molar-refractivity contribution in [2.75, 3.05) is 18.0 Å². The number of imidazole rings is 1. The third-order valence-corrected chi connectivity index (χ3v) is 5.35. The molecule has 3 heterocycles. The first-order valence-electron chi connectivity index (χ1n) is 8.61. The summed E-state index contributed by atoms with van der Waals surface area (Å²) in [5.74, 6) is 0. The van der Waals surface area contributed by atoms with Crippen molar-refractivity contribution in [2.24, 2.45) is 0 Å². The minimum Gasteiger partial charge on any atom is -0.345 e. The Morgan fingerprint density at radius 1 is 1.25 bits per heavy atom. The van der Waals surface area contributed by atoms with E-state index >= 15 is 0 Å². The maximum Gasteiger partial charge on any atom is 0.214 e. The Hall–Kier alpha value is -1.92. The first-order chi connectivity index (χ1) is 11.7. The molecular formula is C18H23N5S. The SMILES string of the molecule is CC(C)N[C@@H]1CCCN(c2nn3cc(-c4ccccc4)nc3s2)C1. The first-order valence-corrected chi connectivity index (χ1v) is 9.43. The van der Waals surface area contributed by atoms with E-state index in [9.17, 15) is 0 Å². The van der Waals surface area contributed by atoms with Crippen molar-refractivity contribution in [2.45, 2.75) is 38.8 Å². The predicted molar refractivity (Wildman–Crippen MR) is 99.8 cm³/mol. The highest BCUT2D eigenvalue weighted by Crippen LogP contribution is 2.28. The van der Waals surface area contributed by atoms with E-state index in [1.165, 1.54) is 12.8 Å². The maximum absolute atomic E-state index is 4.77. The van der Waals surface area contributed by atoms with Gasteiger partial charge < -0.3 is 10.2 Å². The van der Waals surface area contributed by atoms with Gasteiger partial charge in [-0.3, -0.25) is 0 Å². The zero-order valence-electron chi connectivity index (χ0n) is 14.1. The quantitative estimate of drug-likeness (QED) is 0.790. The van der Waals surface area contributed by atoms with Gasteiger partial charge in [0.2, 0.25) is 10.1 Å². The summed E-state index contributed by atoms with van der Waals surface area (Å²) in [7, 11) is 0. The Bertz CT molecular complexity index is 776. The Balaban J connectivity index is 1.54. The van der Waals surface area contributed by atoms with Crippen molar-refractivity contribution in [1.82, 2.24) is 19.9 Å². The molecule has 3 aromatic rings. The Morgan fingerprint density at radius 2 is 2.08 bits per heavy atom. The van der Waals surface area contributed by atoms with E-state index in [4.69, 9.17) is 10.1 Å². The smallest absolute Gasteiger partial charge is 0.214 e. The highest BCUT2D eigenvalue weighted by atomic mass is 32.1. The van der Waals surface area contributed by atoms with Crippen LogP contribution in [-0.2, 0) is 0 Å². The van der Waals surface area contributed by atoms with Crippen LogP contribution in [0.4, 0.5) is 5.13 Å². The number of nitrogens with one attached hydrogen (secondary N) is 1. The van der Waals surface area contributed by atoms with Crippen LogP contribution in [0.3, 0.4) is 0 Å². The number of fused-ring (bicyclic) bond motifs is 1. The Labute approximate surface area is 146 Å². The zero-order chi connectivity index (χ0) is 16.5. The summed E-state index contributed by atoms with van der Waals surface area (Å²) < 4.78 is 1.92. The van der Waals surface area contributed by atoms with Crippen LogP contribution < -0.4 is 10.2 Å². The average Bonchev–Trinajstić information content (AvgIpc) is 3.14. The third kappa shape index (κ3) is 3.16. The van der Waals surface area contributed by atoms with Crippen molar-refractivity contribution in [3.63, 3.8) is 0 Å². The molecule has 0 saturated carbocycles. The van der Waals surface area contributed by atoms with E-state index in [0.29, 0.717) is 12.1 Å². The van der Waals surface area contributed by atoms with Gasteiger partial charge >= 0.3 is 0 Å². The van der Waals surface area contributed by atoms with E-state index in [0.717, 1.165) is 34.4 Å². The molecule has 1 N–H and O–H groups in total. The van der Waals surface area contributed by atoms with Crippen molar-refractivity contribution in [1.29, 1.82) is 0 Å². The number of anilines is 1. The molecule has 2 aromatic heterocycles. The molecule has 0 aliphatic carbocycles. The van der Waals surface area contributed by atoms with Gasteiger partial charge in [0.15, 0.2) is 0 Å². The zero-order valence-corrected chi connectivity index (χ0v) is 15.0. The summed E-state index contributed by atoms with van der Waals surface area (Å²) in [5.41, 5.74) is 2.12. The molecule has 0 unspecified atom stereocenters. The average molecular weight is 341 g/mol. The van der Waals surface area contributed by atoms with Crippen molar-refractivity contribution in [3.05, 3.63) is 36.5 Å². The molecule has 4 rings (SSSR count). The summed E-state index contributed by atoms with van der Waals surface area (Å²) >= 11 is 1.68. The predicted octanol–water partition coefficient (Wildman–Crippen LogP) is 3.42. The molecule has 1 fully saturated rings. The number of nitrogens with zero attached hydrogens (tertiary/aromatic N) is 4. The Kier molecular flexibility index (Phi) is 4.24. The second-order valence-electron chi connectivity index (χ2n) is 6.71. The van der Waals surface area contributed by atoms with Gasteiger partial charge in [0.25, 0.3) is 0 Å². The van der Waals surface area contributed by atoms with Crippen LogP contribution in [0.15, 0.2) is 36.5 Å². The van der Waals surface area contributed by atoms with Crippen molar-refractivity contribution in [3.8, 4) is 11.3 Å². The molecule has 1 aliphatic rings. The van der Waals surface area contributed by atoms with Crippen LogP contribution >= 0.6 is 11.3 Å². The van der Waals surface area contributed by atoms with Crippen LogP contribution in [0.25, 0.3) is 16.2 Å². The monoisotopic (exact) mass is 341 g/mol. The third-order valence-electron chi connectivity index (χ3n) is 4.36. The molecular weight excluding hydrogens is 318 g/mol. The summed E-state index contributed by atoms with van der Waals surface area (Å²) in [5, 5.41) is 9.50. The van der Waals surface area contributed by atoms with Gasteiger partial charge in [0.05, 0.1) is 11.9 Å². The van der Waals surface area contributed by atoms with Gasteiger partial charge in [-0.25, -0.2) is 9.50 Å². The fourth-order valence-electron chi connectivity index (χ4n) is 3.32. The van der Waals surface area contributed by atoms with E-state index in [1.54, 1.807) is 11.3 Å². The molecule has 1 aliphatic heterocycles. The first kappa shape index (κ1) is 15.6. The fourth-order valence-corrected chi connectivity index (χ4v) is 4.24. The summed E-state index contributed by atoms with van der Waals surface area (Å²) in [6.45, 7) is 6.53. The number of benzene rings is 1. The van der Waals surface area contributed by atoms with Gasteiger partial charge in [0, 0.05) is 30.7 Å². The van der Waals surface area contributed by atoms with Crippen molar-refractivity contribution < 1.29 is 0 Å². The van der Waals surface area contributed by atoms with Gasteiger partial charge in [-0.1, -0.05) is 55.5 Å². The number of hydrogen-bond donors (Lipinski definition) is 1. The Morgan fingerprint density at radius 3 is 2.83 bits per heavy atom. The van der Waals surface area contributed by atoms with Gasteiger partial charge in [-0.05, 0) is 12.8 Å². The lowest BCUT2D eigenvalue weighted by Gasteiger charge is -2.33. The summed E-state index contributed by atoms with van der Waals surface area (Å²) in [4.78, 5) is 8.10. The van der Waals surface area contributed by atoms with Gasteiger partial charge in [-0.15, -0.1) is 5.10 Å². The highest BCUT2D eigenvalue weighted by Gasteiger charge is 2.23. The standard InChI is InChI=1S/C18H23N5S/c1-13(2)19-15-9-6-10-22(11-15)18-21-23-12-16(20-17(23)24-18)14-7-4-3-5-8-14/h3-5,7-8,12-13,15,19H,6,9-11H2,1-2H3/t15-/m1/s1. The molecule has 126 valence electrons. The molecule has 1 atom stereocenters. The molecule has 0 spiro atoms. The van der Waals surface area contributed by atoms with Crippen LogP contribution in [0.1, 0.15) is 26.7 Å². The number of piperidine rings is 1. The number of aromatic nitrogens is 3. The topological polar surface area (TPSA) is 45.5 Å². The van der Waals surface area contributed by atoms with E-state index < -0.39 is 0 Å². The van der Waals surface area contributed by atoms with Crippen molar-refractivity contribution >= 4 is 21.4 Å². The molecule has 1 saturated heterocycles. The molecule has 24 heavy (non-hydrogen) atoms. The minimum atomic E-state index is 0.525. The second kappa shape index (κ2) is 6.53. The van der Waals surface area contributed by atoms with Crippen LogP contribution in [0.2, 0.25) is 0 Å². The second-order valence-corrected chi connectivity index (χ2v) is 7.64. The number of hydrogen-bond acceptors (Lipinski definition) is 5. The van der Waals surface area contributed by atoms with E-state index in [-0.39, 0.29) is 0 Å². The molecule has 0 radical (unpaired) electrons. The minimum absolute atomic E-state index is 0.525. The molecule has 0 bridgehead atoms.